The number of nitrogens with zero attached hydrogens (tertiary/aromatic N) is 2. The van der Waals surface area contributed by atoms with Crippen LogP contribution in [-0.4, -0.2) is 64.3 Å². The summed E-state index contributed by atoms with van der Waals surface area (Å²) in [7, 11) is 3.68. The van der Waals surface area contributed by atoms with Crippen LogP contribution in [0.15, 0.2) is 4.99 Å². The van der Waals surface area contributed by atoms with Crippen molar-refractivity contribution < 1.29 is 4.74 Å². The number of likely N-dealkylation sites (tertiary alicyclic amines) is 1. The average Bonchev–Trinajstić information content (AvgIpc) is 3.10. The van der Waals surface area contributed by atoms with Gasteiger partial charge >= 0.3 is 0 Å². The third kappa shape index (κ3) is 8.30. The molecule has 0 spiro atoms. The molecule has 154 valence electrons. The summed E-state index contributed by atoms with van der Waals surface area (Å²) in [6.45, 7) is 8.95. The highest BCUT2D eigenvalue weighted by Gasteiger charge is 2.33. The van der Waals surface area contributed by atoms with Crippen molar-refractivity contribution in [1.29, 1.82) is 0 Å². The minimum absolute atomic E-state index is 0. The largest absolute Gasteiger partial charge is 0.385 e. The monoisotopic (exact) mass is 480 g/mol. The Morgan fingerprint density at radius 3 is 2.42 bits per heavy atom. The van der Waals surface area contributed by atoms with Crippen molar-refractivity contribution in [3.05, 3.63) is 0 Å². The van der Waals surface area contributed by atoms with Crippen molar-refractivity contribution in [2.45, 2.75) is 58.3 Å². The molecule has 0 bridgehead atoms. The number of methoxy groups -OCH3 is 1. The van der Waals surface area contributed by atoms with Gasteiger partial charge in [-0.25, -0.2) is 0 Å². The van der Waals surface area contributed by atoms with Crippen LogP contribution in [0.1, 0.15) is 58.3 Å². The molecule has 0 aromatic heterocycles. The van der Waals surface area contributed by atoms with E-state index in [1.165, 1.54) is 64.6 Å². The highest BCUT2D eigenvalue weighted by molar-refractivity contribution is 14.0. The molecule has 6 heteroatoms. The molecule has 1 saturated heterocycles. The van der Waals surface area contributed by atoms with Crippen LogP contribution in [0.4, 0.5) is 0 Å². The van der Waals surface area contributed by atoms with E-state index < -0.39 is 0 Å². The van der Waals surface area contributed by atoms with Crippen LogP contribution < -0.4 is 10.6 Å². The van der Waals surface area contributed by atoms with E-state index in [0.29, 0.717) is 11.3 Å². The van der Waals surface area contributed by atoms with Crippen molar-refractivity contribution in [3.63, 3.8) is 0 Å². The third-order valence-corrected chi connectivity index (χ3v) is 5.99. The van der Waals surface area contributed by atoms with Gasteiger partial charge in [-0.3, -0.25) is 4.99 Å². The fourth-order valence-electron chi connectivity index (χ4n) is 4.37. The summed E-state index contributed by atoms with van der Waals surface area (Å²) in [6.07, 6.45) is 10.6. The maximum absolute atomic E-state index is 5.33. The average molecular weight is 480 g/mol. The van der Waals surface area contributed by atoms with Gasteiger partial charge in [-0.15, -0.1) is 24.0 Å². The summed E-state index contributed by atoms with van der Waals surface area (Å²) in [5.41, 5.74) is 0.396. The molecule has 2 aliphatic rings. The number of hydrogen-bond donors (Lipinski definition) is 2. The fraction of sp³-hybridized carbons (Fsp3) is 0.950. The number of guanidine groups is 1. The Kier molecular flexibility index (Phi) is 12.1. The molecule has 0 radical (unpaired) electrons. The topological polar surface area (TPSA) is 48.9 Å². The summed E-state index contributed by atoms with van der Waals surface area (Å²) < 4.78 is 5.33. The fourth-order valence-corrected chi connectivity index (χ4v) is 4.37. The third-order valence-electron chi connectivity index (χ3n) is 5.99. The molecule has 1 heterocycles. The molecule has 1 aliphatic carbocycles. The van der Waals surface area contributed by atoms with E-state index in [1.807, 2.05) is 7.05 Å². The molecular weight excluding hydrogens is 439 g/mol. The van der Waals surface area contributed by atoms with Crippen molar-refractivity contribution in [2.24, 2.45) is 16.3 Å². The van der Waals surface area contributed by atoms with Gasteiger partial charge in [0, 0.05) is 40.4 Å². The first kappa shape index (κ1) is 24.0. The van der Waals surface area contributed by atoms with E-state index in [4.69, 9.17) is 4.74 Å². The molecule has 2 fully saturated rings. The zero-order chi connectivity index (χ0) is 18.0. The molecule has 0 aromatic carbocycles. The first-order valence-corrected chi connectivity index (χ1v) is 10.3. The number of halogens is 1. The Morgan fingerprint density at radius 1 is 1.12 bits per heavy atom. The Balaban J connectivity index is 0.00000338. The van der Waals surface area contributed by atoms with E-state index in [-0.39, 0.29) is 24.0 Å². The normalized spacial score (nSPS) is 21.9. The van der Waals surface area contributed by atoms with Crippen molar-refractivity contribution in [3.8, 4) is 0 Å². The Bertz CT molecular complexity index is 393. The first-order valence-electron chi connectivity index (χ1n) is 10.3. The van der Waals surface area contributed by atoms with Gasteiger partial charge in [-0.1, -0.05) is 26.2 Å². The summed E-state index contributed by atoms with van der Waals surface area (Å²) in [6, 6.07) is 0. The predicted octanol–water partition coefficient (Wildman–Crippen LogP) is 3.49. The van der Waals surface area contributed by atoms with Crippen molar-refractivity contribution >= 4 is 29.9 Å². The quantitative estimate of drug-likeness (QED) is 0.302. The maximum atomic E-state index is 5.33. The standard InChI is InChI=1S/C20H40N4O.HI/c1-18(16-24-12-7-4-8-13-24)15-22-19(21-2)23-17-20(11-14-25-3)9-5-6-10-20;/h18H,4-17H2,1-3H3,(H2,21,22,23);1H. The molecule has 5 nitrogen and oxygen atoms in total. The van der Waals surface area contributed by atoms with Gasteiger partial charge in [-0.2, -0.15) is 0 Å². The van der Waals surface area contributed by atoms with Crippen LogP contribution >= 0.6 is 24.0 Å². The van der Waals surface area contributed by atoms with E-state index in [2.05, 4.69) is 27.4 Å². The van der Waals surface area contributed by atoms with Crippen LogP contribution in [0, 0.1) is 11.3 Å². The number of rotatable bonds is 9. The lowest BCUT2D eigenvalue weighted by molar-refractivity contribution is 0.138. The van der Waals surface area contributed by atoms with Gasteiger partial charge < -0.3 is 20.3 Å². The van der Waals surface area contributed by atoms with E-state index >= 15 is 0 Å². The molecule has 0 aromatic rings. The van der Waals surface area contributed by atoms with E-state index in [0.717, 1.165) is 32.1 Å². The molecular formula is C20H41IN4O. The van der Waals surface area contributed by atoms with E-state index in [9.17, 15) is 0 Å². The zero-order valence-corrected chi connectivity index (χ0v) is 19.5. The van der Waals surface area contributed by atoms with Gasteiger partial charge in [-0.05, 0) is 56.5 Å². The van der Waals surface area contributed by atoms with Gasteiger partial charge in [0.1, 0.15) is 0 Å². The molecule has 1 aliphatic heterocycles. The van der Waals surface area contributed by atoms with Gasteiger partial charge in [0.15, 0.2) is 5.96 Å². The lowest BCUT2D eigenvalue weighted by atomic mass is 9.83. The second-order valence-corrected chi connectivity index (χ2v) is 8.22. The van der Waals surface area contributed by atoms with Crippen LogP contribution in [0.3, 0.4) is 0 Å². The number of ether oxygens (including phenoxy) is 1. The maximum Gasteiger partial charge on any atom is 0.191 e. The number of piperidine rings is 1. The number of hydrogen-bond acceptors (Lipinski definition) is 3. The van der Waals surface area contributed by atoms with Crippen LogP contribution in [0.5, 0.6) is 0 Å². The van der Waals surface area contributed by atoms with Gasteiger partial charge in [0.2, 0.25) is 0 Å². The minimum Gasteiger partial charge on any atom is -0.385 e. The summed E-state index contributed by atoms with van der Waals surface area (Å²) in [4.78, 5) is 7.04. The number of nitrogens with one attached hydrogen (secondary N) is 2. The molecule has 2 N–H and O–H groups in total. The van der Waals surface area contributed by atoms with E-state index in [1.54, 1.807) is 7.11 Å². The van der Waals surface area contributed by atoms with Gasteiger partial charge in [0.05, 0.1) is 0 Å². The summed E-state index contributed by atoms with van der Waals surface area (Å²) in [5, 5.41) is 7.13. The minimum atomic E-state index is 0. The van der Waals surface area contributed by atoms with Crippen LogP contribution in [0.2, 0.25) is 0 Å². The zero-order valence-electron chi connectivity index (χ0n) is 17.2. The van der Waals surface area contributed by atoms with Crippen LogP contribution in [0.25, 0.3) is 0 Å². The Morgan fingerprint density at radius 2 is 1.81 bits per heavy atom. The molecule has 1 unspecified atom stereocenters. The molecule has 26 heavy (non-hydrogen) atoms. The Labute approximate surface area is 178 Å². The lowest BCUT2D eigenvalue weighted by Gasteiger charge is -2.31. The van der Waals surface area contributed by atoms with Crippen molar-refractivity contribution in [1.82, 2.24) is 15.5 Å². The highest BCUT2D eigenvalue weighted by atomic mass is 127. The molecule has 0 amide bonds. The lowest BCUT2D eigenvalue weighted by Crippen LogP contribution is -2.45. The molecule has 1 saturated carbocycles. The highest BCUT2D eigenvalue weighted by Crippen LogP contribution is 2.40. The number of aliphatic imine (C=N–C) groups is 1. The Hall–Kier alpha value is -0.0800. The van der Waals surface area contributed by atoms with Crippen molar-refractivity contribution in [2.75, 3.05) is 53.5 Å². The predicted molar refractivity (Wildman–Crippen MR) is 122 cm³/mol. The smallest absolute Gasteiger partial charge is 0.191 e. The SMILES string of the molecule is CN=C(NCC(C)CN1CCCCC1)NCC1(CCOC)CCCC1.I. The first-order chi connectivity index (χ1) is 12.2. The summed E-state index contributed by atoms with van der Waals surface area (Å²) >= 11 is 0. The van der Waals surface area contributed by atoms with Gasteiger partial charge in [0.25, 0.3) is 0 Å². The summed E-state index contributed by atoms with van der Waals surface area (Å²) in [5.74, 6) is 1.60. The molecule has 2 rings (SSSR count). The molecule has 1 atom stereocenters. The van der Waals surface area contributed by atoms with Crippen LogP contribution in [-0.2, 0) is 4.74 Å². The second-order valence-electron chi connectivity index (χ2n) is 8.22. The second kappa shape index (κ2) is 13.2.